The van der Waals surface area contributed by atoms with Crippen molar-refractivity contribution in [2.24, 2.45) is 0 Å². The molecule has 0 saturated carbocycles. The molecule has 0 aliphatic carbocycles. The molecule has 0 aromatic rings. The van der Waals surface area contributed by atoms with Crippen molar-refractivity contribution in [2.45, 2.75) is 354 Å². The van der Waals surface area contributed by atoms with Crippen molar-refractivity contribution in [1.82, 2.24) is 0 Å². The molecule has 0 rings (SSSR count). The van der Waals surface area contributed by atoms with E-state index in [1.807, 2.05) is 0 Å². The SMILES string of the molecule is CC/C=C\C/C=C\C/C=C\C/C=C\C/C=C\CCCCCCCCCCCC(=O)OCC(COC(=O)CCCCCCCCC/C=C\C/C=C\CCCCC)OC(=O)CCCCCCCCCCCCCCCCCCCCCC. The Morgan fingerprint density at radius 3 is 0.787 bits per heavy atom. The zero-order valence-electron chi connectivity index (χ0n) is 53.1. The first-order valence-corrected chi connectivity index (χ1v) is 34.6. The molecule has 0 aromatic carbocycles. The van der Waals surface area contributed by atoms with Crippen molar-refractivity contribution in [3.8, 4) is 0 Å². The largest absolute Gasteiger partial charge is 0.462 e. The maximum absolute atomic E-state index is 13.0. The first kappa shape index (κ1) is 76.6. The van der Waals surface area contributed by atoms with E-state index >= 15 is 0 Å². The van der Waals surface area contributed by atoms with Gasteiger partial charge in [0.25, 0.3) is 0 Å². The normalized spacial score (nSPS) is 12.6. The maximum atomic E-state index is 13.0. The van der Waals surface area contributed by atoms with Gasteiger partial charge in [-0.2, -0.15) is 0 Å². The molecule has 1 unspecified atom stereocenters. The van der Waals surface area contributed by atoms with E-state index in [0.29, 0.717) is 19.3 Å². The van der Waals surface area contributed by atoms with Gasteiger partial charge in [-0.25, -0.2) is 0 Å². The van der Waals surface area contributed by atoms with Crippen LogP contribution in [0.3, 0.4) is 0 Å². The van der Waals surface area contributed by atoms with Gasteiger partial charge in [-0.05, 0) is 96.3 Å². The van der Waals surface area contributed by atoms with E-state index in [2.05, 4.69) is 106 Å². The first-order valence-electron chi connectivity index (χ1n) is 34.6. The number of rotatable bonds is 63. The fourth-order valence-electron chi connectivity index (χ4n) is 9.97. The minimum Gasteiger partial charge on any atom is -0.462 e. The van der Waals surface area contributed by atoms with Gasteiger partial charge in [-0.15, -0.1) is 0 Å². The Balaban J connectivity index is 4.35. The van der Waals surface area contributed by atoms with E-state index in [-0.39, 0.29) is 31.1 Å². The van der Waals surface area contributed by atoms with Crippen LogP contribution in [0.4, 0.5) is 0 Å². The van der Waals surface area contributed by atoms with Crippen molar-refractivity contribution < 1.29 is 28.6 Å². The van der Waals surface area contributed by atoms with Crippen LogP contribution in [0, 0.1) is 0 Å². The smallest absolute Gasteiger partial charge is 0.306 e. The lowest BCUT2D eigenvalue weighted by Gasteiger charge is -2.18. The second-order valence-electron chi connectivity index (χ2n) is 23.1. The molecule has 0 amide bonds. The number of unbranched alkanes of at least 4 members (excludes halogenated alkanes) is 38. The van der Waals surface area contributed by atoms with Gasteiger partial charge < -0.3 is 14.2 Å². The second-order valence-corrected chi connectivity index (χ2v) is 23.1. The average Bonchev–Trinajstić information content (AvgIpc) is 3.46. The summed E-state index contributed by atoms with van der Waals surface area (Å²) in [7, 11) is 0. The molecule has 0 aliphatic heterocycles. The van der Waals surface area contributed by atoms with Crippen LogP contribution >= 0.6 is 0 Å². The average molecular weight is 1120 g/mol. The summed E-state index contributed by atoms with van der Waals surface area (Å²) in [5.74, 6) is -0.872. The topological polar surface area (TPSA) is 78.9 Å². The van der Waals surface area contributed by atoms with Gasteiger partial charge in [0, 0.05) is 19.3 Å². The number of allylic oxidation sites excluding steroid dienone is 14. The minimum atomic E-state index is -0.783. The van der Waals surface area contributed by atoms with E-state index in [1.165, 1.54) is 199 Å². The summed E-state index contributed by atoms with van der Waals surface area (Å²) in [6, 6.07) is 0. The van der Waals surface area contributed by atoms with Crippen LogP contribution in [-0.4, -0.2) is 37.2 Å². The second kappa shape index (κ2) is 68.1. The Labute approximate surface area is 496 Å². The Hall–Kier alpha value is -3.41. The van der Waals surface area contributed by atoms with E-state index in [4.69, 9.17) is 14.2 Å². The Morgan fingerprint density at radius 2 is 0.487 bits per heavy atom. The minimum absolute atomic E-state index is 0.0792. The number of carbonyl (C=O) groups is 3. The summed E-state index contributed by atoms with van der Waals surface area (Å²) in [4.78, 5) is 38.5. The molecule has 1 atom stereocenters. The number of hydrogen-bond donors (Lipinski definition) is 0. The molecule has 0 N–H and O–H groups in total. The van der Waals surface area contributed by atoms with E-state index in [9.17, 15) is 14.4 Å². The predicted octanol–water partition coefficient (Wildman–Crippen LogP) is 23.8. The third-order valence-electron chi connectivity index (χ3n) is 15.1. The molecule has 6 nitrogen and oxygen atoms in total. The van der Waals surface area contributed by atoms with Gasteiger partial charge in [0.15, 0.2) is 6.10 Å². The third-order valence-corrected chi connectivity index (χ3v) is 15.1. The Kier molecular flexibility index (Phi) is 65.2. The molecule has 80 heavy (non-hydrogen) atoms. The van der Waals surface area contributed by atoms with Gasteiger partial charge >= 0.3 is 17.9 Å². The molecular formula is C74H130O6. The van der Waals surface area contributed by atoms with E-state index < -0.39 is 6.10 Å². The molecule has 0 bridgehead atoms. The zero-order valence-corrected chi connectivity index (χ0v) is 53.1. The van der Waals surface area contributed by atoms with Crippen molar-refractivity contribution in [2.75, 3.05) is 13.2 Å². The Morgan fingerprint density at radius 1 is 0.263 bits per heavy atom. The van der Waals surface area contributed by atoms with Gasteiger partial charge in [0.2, 0.25) is 0 Å². The first-order chi connectivity index (χ1) is 39.5. The monoisotopic (exact) mass is 1110 g/mol. The van der Waals surface area contributed by atoms with Crippen molar-refractivity contribution in [1.29, 1.82) is 0 Å². The molecule has 0 aromatic heterocycles. The molecule has 0 heterocycles. The highest BCUT2D eigenvalue weighted by Crippen LogP contribution is 2.17. The quantitative estimate of drug-likeness (QED) is 0.0261. The lowest BCUT2D eigenvalue weighted by Crippen LogP contribution is -2.30. The third kappa shape index (κ3) is 65.4. The van der Waals surface area contributed by atoms with Gasteiger partial charge in [-0.1, -0.05) is 318 Å². The summed E-state index contributed by atoms with van der Waals surface area (Å²) in [6.45, 7) is 6.54. The summed E-state index contributed by atoms with van der Waals surface area (Å²) in [5.41, 5.74) is 0. The van der Waals surface area contributed by atoms with Crippen molar-refractivity contribution in [3.05, 3.63) is 85.1 Å². The molecule has 0 fully saturated rings. The number of esters is 3. The van der Waals surface area contributed by atoms with Gasteiger partial charge in [0.1, 0.15) is 13.2 Å². The summed E-state index contributed by atoms with van der Waals surface area (Å²) >= 11 is 0. The lowest BCUT2D eigenvalue weighted by atomic mass is 10.0. The van der Waals surface area contributed by atoms with E-state index in [1.54, 1.807) is 0 Å². The van der Waals surface area contributed by atoms with Crippen LogP contribution in [-0.2, 0) is 28.6 Å². The molecule has 0 spiro atoms. The summed E-state index contributed by atoms with van der Waals surface area (Å²) < 4.78 is 17.0. The lowest BCUT2D eigenvalue weighted by molar-refractivity contribution is -0.167. The van der Waals surface area contributed by atoms with Crippen molar-refractivity contribution >= 4 is 17.9 Å². The number of carbonyl (C=O) groups excluding carboxylic acids is 3. The maximum Gasteiger partial charge on any atom is 0.306 e. The van der Waals surface area contributed by atoms with Crippen LogP contribution < -0.4 is 0 Å². The molecule has 6 heteroatoms. The standard InChI is InChI=1S/C74H130O6/c1-4-7-10-13-16-19-22-25-28-31-33-35-36-37-38-39-41-43-46-49-52-55-58-61-64-67-73(76)79-70-71(69-78-72(75)66-63-60-57-54-51-48-45-42-30-27-24-21-18-15-12-9-6-3)80-74(77)68-65-62-59-56-53-50-47-44-40-34-32-29-26-23-20-17-14-11-8-5-2/h7,10,16,18-19,21,25,27-28,30,33,35,37-38,71H,4-6,8-9,11-15,17,20,22-24,26,29,31-32,34,36,39-70H2,1-3H3/b10-7-,19-16-,21-18-,28-25-,30-27-,35-33-,38-37-. The van der Waals surface area contributed by atoms with Crippen LogP contribution in [0.15, 0.2) is 85.1 Å². The zero-order chi connectivity index (χ0) is 57.8. The molecule has 462 valence electrons. The predicted molar refractivity (Wildman–Crippen MR) is 348 cm³/mol. The molecular weight excluding hydrogens is 985 g/mol. The highest BCUT2D eigenvalue weighted by atomic mass is 16.6. The van der Waals surface area contributed by atoms with Gasteiger partial charge in [0.05, 0.1) is 0 Å². The van der Waals surface area contributed by atoms with Gasteiger partial charge in [-0.3, -0.25) is 14.4 Å². The van der Waals surface area contributed by atoms with Crippen LogP contribution in [0.25, 0.3) is 0 Å². The van der Waals surface area contributed by atoms with Crippen LogP contribution in [0.2, 0.25) is 0 Å². The fourth-order valence-corrected chi connectivity index (χ4v) is 9.97. The van der Waals surface area contributed by atoms with Crippen LogP contribution in [0.5, 0.6) is 0 Å². The molecule has 0 radical (unpaired) electrons. The summed E-state index contributed by atoms with van der Waals surface area (Å²) in [5, 5.41) is 0. The highest BCUT2D eigenvalue weighted by Gasteiger charge is 2.19. The summed E-state index contributed by atoms with van der Waals surface area (Å²) in [6.07, 6.45) is 90.2. The highest BCUT2D eigenvalue weighted by molar-refractivity contribution is 5.71. The van der Waals surface area contributed by atoms with Crippen LogP contribution in [0.1, 0.15) is 348 Å². The van der Waals surface area contributed by atoms with Crippen molar-refractivity contribution in [3.63, 3.8) is 0 Å². The number of hydrogen-bond acceptors (Lipinski definition) is 6. The molecule has 0 aliphatic rings. The number of ether oxygens (including phenoxy) is 3. The molecule has 0 saturated heterocycles. The fraction of sp³-hybridized carbons (Fsp3) is 0.770. The Bertz CT molecular complexity index is 1520. The van der Waals surface area contributed by atoms with E-state index in [0.717, 1.165) is 109 Å².